The summed E-state index contributed by atoms with van der Waals surface area (Å²) in [5.41, 5.74) is 0. The Kier molecular flexibility index (Phi) is 4.85. The largest absolute Gasteiger partial charge is 0.480 e. The zero-order valence-corrected chi connectivity index (χ0v) is 12.7. The first kappa shape index (κ1) is 15.8. The number of rotatable bonds is 5. The lowest BCUT2D eigenvalue weighted by Crippen LogP contribution is -2.49. The quantitative estimate of drug-likeness (QED) is 0.788. The van der Waals surface area contributed by atoms with Crippen LogP contribution in [0.4, 0.5) is 0 Å². The Morgan fingerprint density at radius 3 is 2.05 bits per heavy atom. The van der Waals surface area contributed by atoms with Crippen LogP contribution in [0.25, 0.3) is 0 Å². The lowest BCUT2D eigenvalue weighted by molar-refractivity contribution is -0.144. The predicted molar refractivity (Wildman–Crippen MR) is 76.4 cm³/mol. The van der Waals surface area contributed by atoms with Crippen molar-refractivity contribution in [3.63, 3.8) is 0 Å². The molecule has 118 valence electrons. The monoisotopic (exact) mass is 296 g/mol. The van der Waals surface area contributed by atoms with E-state index >= 15 is 0 Å². The molecule has 1 aliphatic carbocycles. The molecule has 2 fully saturated rings. The molecule has 6 heteroatoms. The predicted octanol–water partition coefficient (Wildman–Crippen LogP) is 0.860. The standard InChI is InChI=1S/C15H24N2O4/c1-9(2)12(15(20)21)16-13(18)10-5-7-17(8-6-10)14(19)11-3-4-11/h9-12H,3-8H2,1-2H3,(H,16,18)(H,20,21)/t12-/m0/s1. The molecular formula is C15H24N2O4. The Bertz CT molecular complexity index is 423. The van der Waals surface area contributed by atoms with Gasteiger partial charge in [0.2, 0.25) is 11.8 Å². The molecule has 0 bridgehead atoms. The minimum absolute atomic E-state index is 0.150. The van der Waals surface area contributed by atoms with Crippen molar-refractivity contribution in [2.24, 2.45) is 17.8 Å². The number of carbonyl (C=O) groups is 3. The number of nitrogens with one attached hydrogen (secondary N) is 1. The number of hydrogen-bond donors (Lipinski definition) is 2. The molecule has 0 aromatic carbocycles. The third kappa shape index (κ3) is 3.95. The van der Waals surface area contributed by atoms with Gasteiger partial charge in [-0.25, -0.2) is 4.79 Å². The molecule has 6 nitrogen and oxygen atoms in total. The van der Waals surface area contributed by atoms with Gasteiger partial charge in [0.1, 0.15) is 6.04 Å². The summed E-state index contributed by atoms with van der Waals surface area (Å²) in [6.45, 7) is 4.76. The average molecular weight is 296 g/mol. The van der Waals surface area contributed by atoms with Crippen molar-refractivity contribution >= 4 is 17.8 Å². The summed E-state index contributed by atoms with van der Waals surface area (Å²) in [5.74, 6) is -1.10. The summed E-state index contributed by atoms with van der Waals surface area (Å²) < 4.78 is 0. The third-order valence-electron chi connectivity index (χ3n) is 4.33. The van der Waals surface area contributed by atoms with Crippen molar-refractivity contribution in [1.82, 2.24) is 10.2 Å². The lowest BCUT2D eigenvalue weighted by Gasteiger charge is -2.32. The van der Waals surface area contributed by atoms with E-state index in [-0.39, 0.29) is 29.6 Å². The molecule has 2 N–H and O–H groups in total. The van der Waals surface area contributed by atoms with Crippen molar-refractivity contribution in [2.75, 3.05) is 13.1 Å². The van der Waals surface area contributed by atoms with Crippen LogP contribution in [-0.4, -0.2) is 46.9 Å². The highest BCUT2D eigenvalue weighted by Crippen LogP contribution is 2.32. The number of carboxylic acid groups (broad SMARTS) is 1. The summed E-state index contributed by atoms with van der Waals surface area (Å²) >= 11 is 0. The summed E-state index contributed by atoms with van der Waals surface area (Å²) in [7, 11) is 0. The first-order valence-corrected chi connectivity index (χ1v) is 7.72. The zero-order chi connectivity index (χ0) is 15.6. The average Bonchev–Trinajstić information content (AvgIpc) is 3.27. The van der Waals surface area contributed by atoms with Crippen LogP contribution in [0.3, 0.4) is 0 Å². The number of likely N-dealkylation sites (tertiary alicyclic amines) is 1. The highest BCUT2D eigenvalue weighted by molar-refractivity contribution is 5.85. The Hall–Kier alpha value is -1.59. The molecule has 1 heterocycles. The molecule has 1 saturated heterocycles. The van der Waals surface area contributed by atoms with Gasteiger partial charge in [0.25, 0.3) is 0 Å². The van der Waals surface area contributed by atoms with E-state index in [9.17, 15) is 14.4 Å². The van der Waals surface area contributed by atoms with Gasteiger partial charge in [0, 0.05) is 24.9 Å². The molecule has 2 rings (SSSR count). The summed E-state index contributed by atoms with van der Waals surface area (Å²) in [6, 6.07) is -0.844. The van der Waals surface area contributed by atoms with E-state index in [4.69, 9.17) is 5.11 Å². The number of hydrogen-bond acceptors (Lipinski definition) is 3. The molecule has 21 heavy (non-hydrogen) atoms. The van der Waals surface area contributed by atoms with Crippen molar-refractivity contribution in [3.05, 3.63) is 0 Å². The van der Waals surface area contributed by atoms with Gasteiger partial charge in [0.05, 0.1) is 0 Å². The van der Waals surface area contributed by atoms with Gasteiger partial charge in [-0.2, -0.15) is 0 Å². The molecule has 0 aromatic heterocycles. The highest BCUT2D eigenvalue weighted by Gasteiger charge is 2.36. The summed E-state index contributed by atoms with van der Waals surface area (Å²) in [5, 5.41) is 11.7. The van der Waals surface area contributed by atoms with Crippen LogP contribution in [0.5, 0.6) is 0 Å². The van der Waals surface area contributed by atoms with Crippen molar-refractivity contribution in [3.8, 4) is 0 Å². The third-order valence-corrected chi connectivity index (χ3v) is 4.33. The Morgan fingerprint density at radius 1 is 1.05 bits per heavy atom. The van der Waals surface area contributed by atoms with E-state index in [1.54, 1.807) is 13.8 Å². The number of nitrogens with zero attached hydrogens (tertiary/aromatic N) is 1. The Balaban J connectivity index is 1.82. The second-order valence-corrected chi connectivity index (χ2v) is 6.44. The van der Waals surface area contributed by atoms with E-state index < -0.39 is 12.0 Å². The first-order chi connectivity index (χ1) is 9.90. The molecule has 0 radical (unpaired) electrons. The zero-order valence-electron chi connectivity index (χ0n) is 12.7. The molecule has 0 aromatic rings. The fraction of sp³-hybridized carbons (Fsp3) is 0.800. The topological polar surface area (TPSA) is 86.7 Å². The van der Waals surface area contributed by atoms with Gasteiger partial charge in [-0.3, -0.25) is 9.59 Å². The van der Waals surface area contributed by atoms with Gasteiger partial charge in [-0.15, -0.1) is 0 Å². The SMILES string of the molecule is CC(C)[C@H](NC(=O)C1CCN(C(=O)C2CC2)CC1)C(=O)O. The minimum atomic E-state index is -1.00. The van der Waals surface area contributed by atoms with Crippen molar-refractivity contribution in [2.45, 2.75) is 45.6 Å². The maximum atomic E-state index is 12.2. The second kappa shape index (κ2) is 6.45. The molecule has 1 aliphatic heterocycles. The molecule has 2 amide bonds. The summed E-state index contributed by atoms with van der Waals surface area (Å²) in [4.78, 5) is 37.1. The van der Waals surface area contributed by atoms with Crippen LogP contribution in [0, 0.1) is 17.8 Å². The number of aliphatic carboxylic acids is 1. The first-order valence-electron chi connectivity index (χ1n) is 7.72. The van der Waals surface area contributed by atoms with Crippen LogP contribution in [0.15, 0.2) is 0 Å². The minimum Gasteiger partial charge on any atom is -0.480 e. The Labute approximate surface area is 124 Å². The van der Waals surface area contributed by atoms with Gasteiger partial charge in [-0.05, 0) is 31.6 Å². The van der Waals surface area contributed by atoms with Crippen LogP contribution < -0.4 is 5.32 Å². The lowest BCUT2D eigenvalue weighted by atomic mass is 9.94. The van der Waals surface area contributed by atoms with Gasteiger partial charge in [-0.1, -0.05) is 13.8 Å². The molecule has 1 saturated carbocycles. The van der Waals surface area contributed by atoms with Gasteiger partial charge >= 0.3 is 5.97 Å². The second-order valence-electron chi connectivity index (χ2n) is 6.44. The molecule has 0 unspecified atom stereocenters. The van der Waals surface area contributed by atoms with Crippen LogP contribution in [-0.2, 0) is 14.4 Å². The van der Waals surface area contributed by atoms with Gasteiger partial charge in [0.15, 0.2) is 0 Å². The Morgan fingerprint density at radius 2 is 1.62 bits per heavy atom. The summed E-state index contributed by atoms with van der Waals surface area (Å²) in [6.07, 6.45) is 3.23. The van der Waals surface area contributed by atoms with E-state index in [1.807, 2.05) is 4.90 Å². The fourth-order valence-electron chi connectivity index (χ4n) is 2.74. The molecule has 0 spiro atoms. The molecule has 1 atom stereocenters. The van der Waals surface area contributed by atoms with E-state index in [2.05, 4.69) is 5.32 Å². The number of piperidine rings is 1. The van der Waals surface area contributed by atoms with Gasteiger partial charge < -0.3 is 15.3 Å². The van der Waals surface area contributed by atoms with Crippen LogP contribution in [0.2, 0.25) is 0 Å². The highest BCUT2D eigenvalue weighted by atomic mass is 16.4. The smallest absolute Gasteiger partial charge is 0.326 e. The number of amides is 2. The van der Waals surface area contributed by atoms with E-state index in [1.165, 1.54) is 0 Å². The number of carboxylic acids is 1. The van der Waals surface area contributed by atoms with Crippen LogP contribution >= 0.6 is 0 Å². The molecular weight excluding hydrogens is 272 g/mol. The molecule has 2 aliphatic rings. The van der Waals surface area contributed by atoms with Crippen molar-refractivity contribution < 1.29 is 19.5 Å². The van der Waals surface area contributed by atoms with Crippen molar-refractivity contribution in [1.29, 1.82) is 0 Å². The van der Waals surface area contributed by atoms with Crippen LogP contribution in [0.1, 0.15) is 39.5 Å². The normalized spacial score (nSPS) is 21.2. The number of carbonyl (C=O) groups excluding carboxylic acids is 2. The van der Waals surface area contributed by atoms with E-state index in [0.717, 1.165) is 12.8 Å². The maximum Gasteiger partial charge on any atom is 0.326 e. The fourth-order valence-corrected chi connectivity index (χ4v) is 2.74. The maximum absolute atomic E-state index is 12.2. The van der Waals surface area contributed by atoms with E-state index in [0.29, 0.717) is 25.9 Å².